The van der Waals surface area contributed by atoms with Gasteiger partial charge in [-0.3, -0.25) is 0 Å². The molecule has 1 aliphatic rings. The van der Waals surface area contributed by atoms with Gasteiger partial charge in [-0.25, -0.2) is 0 Å². The zero-order valence-corrected chi connectivity index (χ0v) is 10.4. The lowest BCUT2D eigenvalue weighted by molar-refractivity contribution is 0.166. The van der Waals surface area contributed by atoms with E-state index in [1.807, 2.05) is 6.07 Å². The van der Waals surface area contributed by atoms with Crippen molar-refractivity contribution < 1.29 is 4.74 Å². The van der Waals surface area contributed by atoms with Gasteiger partial charge >= 0.3 is 0 Å². The summed E-state index contributed by atoms with van der Waals surface area (Å²) < 4.78 is 5.44. The number of nitrogens with one attached hydrogen (secondary N) is 1. The number of rotatable bonds is 4. The molecule has 1 aromatic rings. The molecule has 0 aliphatic heterocycles. The highest BCUT2D eigenvalue weighted by atomic mass is 16.5. The summed E-state index contributed by atoms with van der Waals surface area (Å²) in [7, 11) is 3.82. The first-order chi connectivity index (χ1) is 7.81. The van der Waals surface area contributed by atoms with Crippen LogP contribution >= 0.6 is 0 Å². The summed E-state index contributed by atoms with van der Waals surface area (Å²) in [5, 5.41) is 3.40. The van der Waals surface area contributed by atoms with Crippen molar-refractivity contribution in [1.29, 1.82) is 0 Å². The van der Waals surface area contributed by atoms with Crippen LogP contribution in [0.3, 0.4) is 0 Å². The van der Waals surface area contributed by atoms with E-state index in [1.165, 1.54) is 18.4 Å². The van der Waals surface area contributed by atoms with Crippen LogP contribution in [0.4, 0.5) is 0 Å². The lowest BCUT2D eigenvalue weighted by atomic mass is 9.65. The molecule has 3 atom stereocenters. The normalized spacial score (nSPS) is 28.6. The first-order valence-corrected chi connectivity index (χ1v) is 6.12. The SMILES string of the molecule is CCC1C(NC)CC1c1ccccc1OC. The van der Waals surface area contributed by atoms with E-state index in [2.05, 4.69) is 37.5 Å². The van der Waals surface area contributed by atoms with E-state index < -0.39 is 0 Å². The minimum absolute atomic E-state index is 0.665. The van der Waals surface area contributed by atoms with E-state index in [9.17, 15) is 0 Å². The Morgan fingerprint density at radius 1 is 1.38 bits per heavy atom. The Bertz CT molecular complexity index is 350. The average Bonchev–Trinajstić information content (AvgIpc) is 2.29. The van der Waals surface area contributed by atoms with Crippen molar-refractivity contribution in [2.45, 2.75) is 31.7 Å². The quantitative estimate of drug-likeness (QED) is 0.840. The second-order valence-electron chi connectivity index (χ2n) is 4.55. The Balaban J connectivity index is 2.19. The van der Waals surface area contributed by atoms with E-state index >= 15 is 0 Å². The zero-order valence-electron chi connectivity index (χ0n) is 10.4. The summed E-state index contributed by atoms with van der Waals surface area (Å²) in [6, 6.07) is 9.10. The Kier molecular flexibility index (Phi) is 3.49. The van der Waals surface area contributed by atoms with Crippen molar-refractivity contribution in [3.8, 4) is 5.75 Å². The van der Waals surface area contributed by atoms with Crippen molar-refractivity contribution >= 4 is 0 Å². The number of hydrogen-bond acceptors (Lipinski definition) is 2. The van der Waals surface area contributed by atoms with Crippen LogP contribution in [0, 0.1) is 5.92 Å². The van der Waals surface area contributed by atoms with E-state index in [0.29, 0.717) is 12.0 Å². The molecule has 0 amide bonds. The van der Waals surface area contributed by atoms with Crippen LogP contribution in [0.1, 0.15) is 31.2 Å². The highest BCUT2D eigenvalue weighted by molar-refractivity contribution is 5.38. The molecule has 1 saturated carbocycles. The van der Waals surface area contributed by atoms with Gasteiger partial charge in [0.2, 0.25) is 0 Å². The molecule has 0 aromatic heterocycles. The van der Waals surface area contributed by atoms with Crippen LogP contribution in [0.25, 0.3) is 0 Å². The number of hydrogen-bond donors (Lipinski definition) is 1. The van der Waals surface area contributed by atoms with Gasteiger partial charge < -0.3 is 10.1 Å². The van der Waals surface area contributed by atoms with Gasteiger partial charge in [0.15, 0.2) is 0 Å². The van der Waals surface area contributed by atoms with Gasteiger partial charge in [-0.1, -0.05) is 31.5 Å². The third-order valence-electron chi connectivity index (χ3n) is 3.92. The van der Waals surface area contributed by atoms with Gasteiger partial charge in [0.1, 0.15) is 5.75 Å². The molecule has 0 radical (unpaired) electrons. The van der Waals surface area contributed by atoms with Crippen LogP contribution in [0.15, 0.2) is 24.3 Å². The Morgan fingerprint density at radius 2 is 2.12 bits per heavy atom. The summed E-state index contributed by atoms with van der Waals surface area (Å²) in [5.41, 5.74) is 1.38. The van der Waals surface area contributed by atoms with Gasteiger partial charge in [-0.05, 0) is 36.9 Å². The maximum atomic E-state index is 5.44. The molecule has 2 rings (SSSR count). The fourth-order valence-electron chi connectivity index (χ4n) is 2.94. The predicted molar refractivity (Wildman–Crippen MR) is 67.0 cm³/mol. The fourth-order valence-corrected chi connectivity index (χ4v) is 2.94. The monoisotopic (exact) mass is 219 g/mol. The molecule has 16 heavy (non-hydrogen) atoms. The highest BCUT2D eigenvalue weighted by Gasteiger charge is 2.40. The number of ether oxygens (including phenoxy) is 1. The topological polar surface area (TPSA) is 21.3 Å². The largest absolute Gasteiger partial charge is 0.496 e. The van der Waals surface area contributed by atoms with Crippen LogP contribution in [0.5, 0.6) is 5.75 Å². The molecule has 2 heteroatoms. The molecule has 1 fully saturated rings. The van der Waals surface area contributed by atoms with Crippen molar-refractivity contribution in [1.82, 2.24) is 5.32 Å². The first-order valence-electron chi connectivity index (χ1n) is 6.12. The van der Waals surface area contributed by atoms with Gasteiger partial charge in [0.25, 0.3) is 0 Å². The van der Waals surface area contributed by atoms with Crippen LogP contribution in [0.2, 0.25) is 0 Å². The van der Waals surface area contributed by atoms with Crippen molar-refractivity contribution in [2.24, 2.45) is 5.92 Å². The second kappa shape index (κ2) is 4.88. The Morgan fingerprint density at radius 3 is 2.75 bits per heavy atom. The van der Waals surface area contributed by atoms with Crippen LogP contribution in [-0.2, 0) is 0 Å². The molecule has 1 aromatic carbocycles. The Hall–Kier alpha value is -1.02. The molecule has 2 nitrogen and oxygen atoms in total. The molecule has 1 aliphatic carbocycles. The molecule has 0 heterocycles. The summed E-state index contributed by atoms with van der Waals surface area (Å²) in [6.45, 7) is 2.27. The molecule has 0 saturated heterocycles. The van der Waals surface area contributed by atoms with Crippen LogP contribution < -0.4 is 10.1 Å². The molecule has 3 unspecified atom stereocenters. The van der Waals surface area contributed by atoms with Gasteiger partial charge in [0, 0.05) is 6.04 Å². The maximum Gasteiger partial charge on any atom is 0.122 e. The van der Waals surface area contributed by atoms with Gasteiger partial charge in [-0.15, -0.1) is 0 Å². The second-order valence-corrected chi connectivity index (χ2v) is 4.55. The van der Waals surface area contributed by atoms with E-state index in [4.69, 9.17) is 4.74 Å². The van der Waals surface area contributed by atoms with E-state index in [0.717, 1.165) is 11.7 Å². The lowest BCUT2D eigenvalue weighted by Gasteiger charge is -2.45. The van der Waals surface area contributed by atoms with Crippen LogP contribution in [-0.4, -0.2) is 20.2 Å². The third-order valence-corrected chi connectivity index (χ3v) is 3.92. The van der Waals surface area contributed by atoms with Gasteiger partial charge in [-0.2, -0.15) is 0 Å². The van der Waals surface area contributed by atoms with Crippen molar-refractivity contribution in [3.05, 3.63) is 29.8 Å². The number of methoxy groups -OCH3 is 1. The third kappa shape index (κ3) is 1.82. The van der Waals surface area contributed by atoms with E-state index in [1.54, 1.807) is 7.11 Å². The zero-order chi connectivity index (χ0) is 11.5. The molecular formula is C14H21NO. The molecule has 88 valence electrons. The van der Waals surface area contributed by atoms with E-state index in [-0.39, 0.29) is 0 Å². The highest BCUT2D eigenvalue weighted by Crippen LogP contribution is 2.47. The molecule has 0 spiro atoms. The maximum absolute atomic E-state index is 5.44. The standard InChI is InChI=1S/C14H21NO/c1-4-10-12(9-13(10)15-2)11-7-5-6-8-14(11)16-3/h5-8,10,12-13,15H,4,9H2,1-3H3. The summed E-state index contributed by atoms with van der Waals surface area (Å²) in [5.74, 6) is 2.46. The first kappa shape index (κ1) is 11.5. The summed E-state index contributed by atoms with van der Waals surface area (Å²) >= 11 is 0. The minimum atomic E-state index is 0.665. The molecular weight excluding hydrogens is 198 g/mol. The summed E-state index contributed by atoms with van der Waals surface area (Å²) in [4.78, 5) is 0. The predicted octanol–water partition coefficient (Wildman–Crippen LogP) is 2.80. The fraction of sp³-hybridized carbons (Fsp3) is 0.571. The number of benzene rings is 1. The minimum Gasteiger partial charge on any atom is -0.496 e. The average molecular weight is 219 g/mol. The summed E-state index contributed by atoms with van der Waals surface area (Å²) in [6.07, 6.45) is 2.46. The van der Waals surface area contributed by atoms with Gasteiger partial charge in [0.05, 0.1) is 7.11 Å². The lowest BCUT2D eigenvalue weighted by Crippen LogP contribution is -2.47. The van der Waals surface area contributed by atoms with Crippen molar-refractivity contribution in [2.75, 3.05) is 14.2 Å². The molecule has 0 bridgehead atoms. The Labute approximate surface area is 98.0 Å². The molecule has 1 N–H and O–H groups in total. The van der Waals surface area contributed by atoms with Crippen molar-refractivity contribution in [3.63, 3.8) is 0 Å². The number of para-hydroxylation sites is 1. The smallest absolute Gasteiger partial charge is 0.122 e.